The fraction of sp³-hybridized carbons (Fsp3) is 0.353. The Balaban J connectivity index is 1.76. The van der Waals surface area contributed by atoms with Crippen molar-refractivity contribution >= 4 is 11.6 Å². The minimum absolute atomic E-state index is 0.0120. The fourth-order valence-corrected chi connectivity index (χ4v) is 2.55. The third-order valence-electron chi connectivity index (χ3n) is 3.66. The Morgan fingerprint density at radius 3 is 2.57 bits per heavy atom. The van der Waals surface area contributed by atoms with Gasteiger partial charge < -0.3 is 10.6 Å². The van der Waals surface area contributed by atoms with Gasteiger partial charge in [0.2, 0.25) is 0 Å². The molecule has 0 aliphatic heterocycles. The van der Waals surface area contributed by atoms with Crippen molar-refractivity contribution in [3.8, 4) is 0 Å². The van der Waals surface area contributed by atoms with E-state index in [0.717, 1.165) is 36.5 Å². The fourth-order valence-electron chi connectivity index (χ4n) is 2.27. The number of hydrogen-bond donors (Lipinski definition) is 1. The Hall–Kier alpha value is -1.42. The molecule has 0 fully saturated rings. The number of halogens is 1. The molecule has 4 heteroatoms. The molecule has 0 saturated heterocycles. The lowest BCUT2D eigenvalue weighted by atomic mass is 10.0. The second-order valence-electron chi connectivity index (χ2n) is 5.33. The van der Waals surface area contributed by atoms with Gasteiger partial charge in [0.1, 0.15) is 0 Å². The molecule has 1 aromatic heterocycles. The van der Waals surface area contributed by atoms with Crippen molar-refractivity contribution in [2.75, 3.05) is 20.1 Å². The summed E-state index contributed by atoms with van der Waals surface area (Å²) in [5.41, 5.74) is 8.57. The topological polar surface area (TPSA) is 42.2 Å². The number of benzene rings is 1. The summed E-state index contributed by atoms with van der Waals surface area (Å²) in [6, 6.07) is 11.9. The first-order valence-corrected chi connectivity index (χ1v) is 7.62. The van der Waals surface area contributed by atoms with Gasteiger partial charge in [0, 0.05) is 30.0 Å². The van der Waals surface area contributed by atoms with Crippen LogP contribution in [0.3, 0.4) is 0 Å². The Bertz CT molecular complexity index is 545. The summed E-state index contributed by atoms with van der Waals surface area (Å²) in [6.45, 7) is 1.97. The van der Waals surface area contributed by atoms with E-state index in [1.807, 2.05) is 36.7 Å². The highest BCUT2D eigenvalue weighted by molar-refractivity contribution is 6.31. The summed E-state index contributed by atoms with van der Waals surface area (Å²) in [6.07, 6.45) is 5.60. The number of pyridine rings is 1. The molecule has 112 valence electrons. The summed E-state index contributed by atoms with van der Waals surface area (Å²) >= 11 is 6.18. The number of rotatable bonds is 7. The second-order valence-corrected chi connectivity index (χ2v) is 5.73. The third-order valence-corrected chi connectivity index (χ3v) is 4.00. The van der Waals surface area contributed by atoms with Crippen molar-refractivity contribution in [2.45, 2.75) is 18.9 Å². The van der Waals surface area contributed by atoms with Gasteiger partial charge >= 0.3 is 0 Å². The van der Waals surface area contributed by atoms with Crippen molar-refractivity contribution < 1.29 is 0 Å². The standard InChI is InChI=1S/C17H22ClN3/c1-21(12-8-14-6-10-20-11-7-14)13-9-17(19)15-4-2-3-5-16(15)18/h2-7,10-11,17H,8-9,12-13,19H2,1H3. The predicted molar refractivity (Wildman–Crippen MR) is 88.4 cm³/mol. The maximum Gasteiger partial charge on any atom is 0.0453 e. The van der Waals surface area contributed by atoms with Gasteiger partial charge in [-0.1, -0.05) is 29.8 Å². The molecule has 3 nitrogen and oxygen atoms in total. The molecular weight excluding hydrogens is 282 g/mol. The molecule has 0 aliphatic carbocycles. The van der Waals surface area contributed by atoms with E-state index in [1.165, 1.54) is 5.56 Å². The molecule has 0 spiro atoms. The van der Waals surface area contributed by atoms with Gasteiger partial charge in [0.25, 0.3) is 0 Å². The third kappa shape index (κ3) is 5.12. The SMILES string of the molecule is CN(CCc1ccncc1)CCC(N)c1ccccc1Cl. The van der Waals surface area contributed by atoms with E-state index in [-0.39, 0.29) is 6.04 Å². The monoisotopic (exact) mass is 303 g/mol. The van der Waals surface area contributed by atoms with Crippen molar-refractivity contribution in [3.63, 3.8) is 0 Å². The molecule has 0 bridgehead atoms. The molecule has 2 aromatic rings. The molecule has 0 aliphatic rings. The van der Waals surface area contributed by atoms with Crippen LogP contribution in [0.5, 0.6) is 0 Å². The molecule has 21 heavy (non-hydrogen) atoms. The highest BCUT2D eigenvalue weighted by atomic mass is 35.5. The summed E-state index contributed by atoms with van der Waals surface area (Å²) in [5, 5.41) is 0.754. The minimum atomic E-state index is -0.0120. The average molecular weight is 304 g/mol. The highest BCUT2D eigenvalue weighted by Gasteiger charge is 2.10. The molecule has 0 amide bonds. The maximum absolute atomic E-state index is 6.23. The molecule has 0 saturated carbocycles. The molecule has 1 aromatic carbocycles. The van der Waals surface area contributed by atoms with Gasteiger partial charge in [-0.2, -0.15) is 0 Å². The van der Waals surface area contributed by atoms with E-state index in [0.29, 0.717) is 0 Å². The Kier molecular flexibility index (Phi) is 6.18. The van der Waals surface area contributed by atoms with Crippen LogP contribution in [0.15, 0.2) is 48.8 Å². The van der Waals surface area contributed by atoms with Gasteiger partial charge in [-0.05, 0) is 55.8 Å². The minimum Gasteiger partial charge on any atom is -0.324 e. The zero-order valence-corrected chi connectivity index (χ0v) is 13.1. The first-order chi connectivity index (χ1) is 10.2. The van der Waals surface area contributed by atoms with Crippen LogP contribution in [0, 0.1) is 0 Å². The van der Waals surface area contributed by atoms with Crippen LogP contribution in [0.25, 0.3) is 0 Å². The quantitative estimate of drug-likeness (QED) is 0.853. The van der Waals surface area contributed by atoms with Gasteiger partial charge in [-0.15, -0.1) is 0 Å². The summed E-state index contributed by atoms with van der Waals surface area (Å²) in [7, 11) is 2.13. The molecule has 0 radical (unpaired) electrons. The largest absolute Gasteiger partial charge is 0.324 e. The zero-order valence-electron chi connectivity index (χ0n) is 12.4. The molecule has 1 unspecified atom stereocenters. The van der Waals surface area contributed by atoms with Crippen LogP contribution in [0.1, 0.15) is 23.6 Å². The summed E-state index contributed by atoms with van der Waals surface area (Å²) in [4.78, 5) is 6.33. The first-order valence-electron chi connectivity index (χ1n) is 7.24. The van der Waals surface area contributed by atoms with Crippen LogP contribution in [-0.4, -0.2) is 30.0 Å². The van der Waals surface area contributed by atoms with E-state index in [4.69, 9.17) is 17.3 Å². The van der Waals surface area contributed by atoms with Gasteiger partial charge in [0.15, 0.2) is 0 Å². The van der Waals surface area contributed by atoms with Gasteiger partial charge in [0.05, 0.1) is 0 Å². The lowest BCUT2D eigenvalue weighted by Crippen LogP contribution is -2.25. The normalized spacial score (nSPS) is 12.6. The summed E-state index contributed by atoms with van der Waals surface area (Å²) < 4.78 is 0. The van der Waals surface area contributed by atoms with E-state index in [9.17, 15) is 0 Å². The maximum atomic E-state index is 6.23. The van der Waals surface area contributed by atoms with Crippen molar-refractivity contribution in [3.05, 3.63) is 64.9 Å². The van der Waals surface area contributed by atoms with Crippen LogP contribution in [0.2, 0.25) is 5.02 Å². The smallest absolute Gasteiger partial charge is 0.0453 e. The molecule has 1 atom stereocenters. The van der Waals surface area contributed by atoms with Gasteiger partial charge in [-0.3, -0.25) is 4.98 Å². The lowest BCUT2D eigenvalue weighted by molar-refractivity contribution is 0.322. The number of nitrogens with two attached hydrogens (primary N) is 1. The van der Waals surface area contributed by atoms with Crippen molar-refractivity contribution in [2.24, 2.45) is 5.73 Å². The number of nitrogens with zero attached hydrogens (tertiary/aromatic N) is 2. The van der Waals surface area contributed by atoms with Gasteiger partial charge in [-0.25, -0.2) is 0 Å². The van der Waals surface area contributed by atoms with Crippen LogP contribution < -0.4 is 5.73 Å². The molecule has 1 heterocycles. The molecule has 2 rings (SSSR count). The number of aromatic nitrogens is 1. The van der Waals surface area contributed by atoms with Crippen LogP contribution in [-0.2, 0) is 6.42 Å². The predicted octanol–water partition coefficient (Wildman–Crippen LogP) is 3.30. The average Bonchev–Trinajstić information content (AvgIpc) is 2.52. The van der Waals surface area contributed by atoms with Crippen molar-refractivity contribution in [1.82, 2.24) is 9.88 Å². The highest BCUT2D eigenvalue weighted by Crippen LogP contribution is 2.23. The zero-order chi connectivity index (χ0) is 15.1. The van der Waals surface area contributed by atoms with E-state index < -0.39 is 0 Å². The molecular formula is C17H22ClN3. The number of likely N-dealkylation sites (N-methyl/N-ethyl adjacent to an activating group) is 1. The Morgan fingerprint density at radius 2 is 1.86 bits per heavy atom. The Labute approximate surface area is 131 Å². The van der Waals surface area contributed by atoms with Crippen molar-refractivity contribution in [1.29, 1.82) is 0 Å². The number of hydrogen-bond acceptors (Lipinski definition) is 3. The van der Waals surface area contributed by atoms with Crippen LogP contribution in [0.4, 0.5) is 0 Å². The Morgan fingerprint density at radius 1 is 1.14 bits per heavy atom. The van der Waals surface area contributed by atoms with E-state index >= 15 is 0 Å². The summed E-state index contributed by atoms with van der Waals surface area (Å²) in [5.74, 6) is 0. The second kappa shape index (κ2) is 8.13. The van der Waals surface area contributed by atoms with E-state index in [2.05, 4.69) is 29.1 Å². The first kappa shape index (κ1) is 16.0. The lowest BCUT2D eigenvalue weighted by Gasteiger charge is -2.20. The van der Waals surface area contributed by atoms with E-state index in [1.54, 1.807) is 0 Å². The van der Waals surface area contributed by atoms with Crippen LogP contribution >= 0.6 is 11.6 Å². The molecule has 2 N–H and O–H groups in total.